The summed E-state index contributed by atoms with van der Waals surface area (Å²) in [7, 11) is -3.06. The molecule has 2 N–H and O–H groups in total. The molecule has 2 amide bonds. The first-order chi connectivity index (χ1) is 11.9. The first-order valence-corrected chi connectivity index (χ1v) is 10.5. The molecule has 1 aromatic heterocycles. The lowest BCUT2D eigenvalue weighted by Crippen LogP contribution is -2.37. The first kappa shape index (κ1) is 17.8. The van der Waals surface area contributed by atoms with Crippen LogP contribution in [0.15, 0.2) is 18.5 Å². The van der Waals surface area contributed by atoms with Crippen molar-refractivity contribution >= 4 is 21.7 Å². The number of amides is 2. The molecule has 1 saturated heterocycles. The Morgan fingerprint density at radius 3 is 2.08 bits per heavy atom. The van der Waals surface area contributed by atoms with Crippen LogP contribution < -0.4 is 10.6 Å². The number of pyridine rings is 1. The average Bonchev–Trinajstić information content (AvgIpc) is 2.94. The molecule has 8 heteroatoms. The minimum absolute atomic E-state index is 0.0337. The number of rotatable bonds is 4. The molecule has 1 aromatic rings. The zero-order valence-electron chi connectivity index (χ0n) is 14.0. The number of sulfone groups is 1. The van der Waals surface area contributed by atoms with Crippen molar-refractivity contribution in [1.82, 2.24) is 15.6 Å². The molecule has 2 heterocycles. The average molecular weight is 365 g/mol. The summed E-state index contributed by atoms with van der Waals surface area (Å²) in [6.45, 7) is 0. The Morgan fingerprint density at radius 1 is 0.920 bits per heavy atom. The summed E-state index contributed by atoms with van der Waals surface area (Å²) in [5.41, 5.74) is 0.609. The number of nitrogens with one attached hydrogen (secondary N) is 2. The summed E-state index contributed by atoms with van der Waals surface area (Å²) >= 11 is 0. The van der Waals surface area contributed by atoms with E-state index in [0.717, 1.165) is 25.7 Å². The molecule has 7 nitrogen and oxygen atoms in total. The van der Waals surface area contributed by atoms with E-state index in [-0.39, 0.29) is 35.1 Å². The van der Waals surface area contributed by atoms with Crippen LogP contribution in [0.25, 0.3) is 0 Å². The van der Waals surface area contributed by atoms with Crippen molar-refractivity contribution in [2.75, 3.05) is 11.5 Å². The second kappa shape index (κ2) is 7.51. The van der Waals surface area contributed by atoms with Gasteiger partial charge in [0.05, 0.1) is 22.6 Å². The van der Waals surface area contributed by atoms with Gasteiger partial charge in [0, 0.05) is 24.5 Å². The van der Waals surface area contributed by atoms with Crippen molar-refractivity contribution in [2.45, 2.75) is 50.6 Å². The predicted octanol–water partition coefficient (Wildman–Crippen LogP) is 1.06. The maximum atomic E-state index is 12.4. The number of carbonyl (C=O) groups is 2. The van der Waals surface area contributed by atoms with Gasteiger partial charge in [-0.25, -0.2) is 8.42 Å². The standard InChI is InChI=1S/C17H23N3O4S/c21-16(19-14-4-2-1-3-5-14)12-8-13(10-18-9-12)17(22)20-15-6-7-25(23,24)11-15/h8-10,14-15H,1-7,11H2,(H,19,21)(H,20,22). The molecule has 2 aliphatic rings. The second-order valence-electron chi connectivity index (χ2n) is 6.84. The first-order valence-electron chi connectivity index (χ1n) is 8.70. The Balaban J connectivity index is 1.62. The lowest BCUT2D eigenvalue weighted by molar-refractivity contribution is 0.0927. The Kier molecular flexibility index (Phi) is 5.36. The van der Waals surface area contributed by atoms with E-state index in [1.807, 2.05) is 0 Å². The Labute approximate surface area is 147 Å². The topological polar surface area (TPSA) is 105 Å². The molecule has 136 valence electrons. The van der Waals surface area contributed by atoms with Crippen LogP contribution in [0.3, 0.4) is 0 Å². The Bertz CT molecular complexity index is 757. The fraction of sp³-hybridized carbons (Fsp3) is 0.588. The van der Waals surface area contributed by atoms with E-state index >= 15 is 0 Å². The third-order valence-corrected chi connectivity index (χ3v) is 6.54. The highest BCUT2D eigenvalue weighted by molar-refractivity contribution is 7.91. The largest absolute Gasteiger partial charge is 0.349 e. The zero-order valence-corrected chi connectivity index (χ0v) is 14.8. The molecule has 0 radical (unpaired) electrons. The quantitative estimate of drug-likeness (QED) is 0.830. The van der Waals surface area contributed by atoms with Crippen LogP contribution in [0.4, 0.5) is 0 Å². The number of aromatic nitrogens is 1. The molecule has 1 atom stereocenters. The van der Waals surface area contributed by atoms with E-state index in [4.69, 9.17) is 0 Å². The van der Waals surface area contributed by atoms with Crippen molar-refractivity contribution in [3.63, 3.8) is 0 Å². The fourth-order valence-corrected chi connectivity index (χ4v) is 5.05. The highest BCUT2D eigenvalue weighted by Crippen LogP contribution is 2.18. The summed E-state index contributed by atoms with van der Waals surface area (Å²) in [6.07, 6.45) is 8.66. The summed E-state index contributed by atoms with van der Waals surface area (Å²) < 4.78 is 22.9. The molecule has 1 unspecified atom stereocenters. The monoisotopic (exact) mass is 365 g/mol. The van der Waals surface area contributed by atoms with E-state index in [1.165, 1.54) is 24.9 Å². The highest BCUT2D eigenvalue weighted by Gasteiger charge is 2.29. The summed E-state index contributed by atoms with van der Waals surface area (Å²) in [6, 6.07) is 1.31. The van der Waals surface area contributed by atoms with Gasteiger partial charge in [0.15, 0.2) is 9.84 Å². The van der Waals surface area contributed by atoms with Gasteiger partial charge in [0.25, 0.3) is 11.8 Å². The van der Waals surface area contributed by atoms with Crippen molar-refractivity contribution < 1.29 is 18.0 Å². The van der Waals surface area contributed by atoms with Gasteiger partial charge in [-0.15, -0.1) is 0 Å². The van der Waals surface area contributed by atoms with Gasteiger partial charge in [-0.3, -0.25) is 14.6 Å². The molecule has 2 fully saturated rings. The van der Waals surface area contributed by atoms with Crippen molar-refractivity contribution in [3.05, 3.63) is 29.6 Å². The minimum atomic E-state index is -3.06. The predicted molar refractivity (Wildman–Crippen MR) is 93.1 cm³/mol. The van der Waals surface area contributed by atoms with Gasteiger partial charge in [-0.2, -0.15) is 0 Å². The number of hydrogen-bond acceptors (Lipinski definition) is 5. The van der Waals surface area contributed by atoms with E-state index in [1.54, 1.807) is 0 Å². The number of carbonyl (C=O) groups excluding carboxylic acids is 2. The van der Waals surface area contributed by atoms with Crippen molar-refractivity contribution in [1.29, 1.82) is 0 Å². The van der Waals surface area contributed by atoms with E-state index in [9.17, 15) is 18.0 Å². The third-order valence-electron chi connectivity index (χ3n) is 4.77. The molecule has 0 spiro atoms. The van der Waals surface area contributed by atoms with Crippen LogP contribution in [0, 0.1) is 0 Å². The summed E-state index contributed by atoms with van der Waals surface area (Å²) in [4.78, 5) is 28.6. The van der Waals surface area contributed by atoms with Gasteiger partial charge in [0.1, 0.15) is 0 Å². The van der Waals surface area contributed by atoms with Gasteiger partial charge in [-0.1, -0.05) is 19.3 Å². The van der Waals surface area contributed by atoms with Crippen molar-refractivity contribution in [2.24, 2.45) is 0 Å². The molecule has 1 saturated carbocycles. The van der Waals surface area contributed by atoms with Crippen LogP contribution in [0.1, 0.15) is 59.2 Å². The number of hydrogen-bond donors (Lipinski definition) is 2. The van der Waals surface area contributed by atoms with E-state index in [2.05, 4.69) is 15.6 Å². The Hall–Kier alpha value is -1.96. The van der Waals surface area contributed by atoms with Gasteiger partial charge in [0.2, 0.25) is 0 Å². The lowest BCUT2D eigenvalue weighted by Gasteiger charge is -2.22. The normalized spacial score (nSPS) is 23.1. The van der Waals surface area contributed by atoms with E-state index < -0.39 is 15.7 Å². The molecule has 3 rings (SSSR count). The molecule has 1 aliphatic carbocycles. The van der Waals surface area contributed by atoms with E-state index in [0.29, 0.717) is 12.0 Å². The summed E-state index contributed by atoms with van der Waals surface area (Å²) in [5.74, 6) is -0.562. The third kappa shape index (κ3) is 4.78. The molecule has 0 bridgehead atoms. The molecular weight excluding hydrogens is 342 g/mol. The smallest absolute Gasteiger partial charge is 0.253 e. The van der Waals surface area contributed by atoms with Crippen LogP contribution >= 0.6 is 0 Å². The fourth-order valence-electron chi connectivity index (χ4n) is 3.38. The zero-order chi connectivity index (χ0) is 17.9. The van der Waals surface area contributed by atoms with Gasteiger partial charge >= 0.3 is 0 Å². The minimum Gasteiger partial charge on any atom is -0.349 e. The van der Waals surface area contributed by atoms with Crippen molar-refractivity contribution in [3.8, 4) is 0 Å². The molecule has 25 heavy (non-hydrogen) atoms. The SMILES string of the molecule is O=C(NC1CCCCC1)c1cncc(C(=O)NC2CCS(=O)(=O)C2)c1. The highest BCUT2D eigenvalue weighted by atomic mass is 32.2. The van der Waals surface area contributed by atoms with Gasteiger partial charge < -0.3 is 10.6 Å². The summed E-state index contributed by atoms with van der Waals surface area (Å²) in [5, 5.41) is 5.70. The maximum Gasteiger partial charge on any atom is 0.253 e. The molecular formula is C17H23N3O4S. The molecule has 0 aromatic carbocycles. The van der Waals surface area contributed by atoms with Crippen LogP contribution in [-0.4, -0.2) is 48.8 Å². The number of nitrogens with zero attached hydrogens (tertiary/aromatic N) is 1. The second-order valence-corrected chi connectivity index (χ2v) is 9.07. The van der Waals surface area contributed by atoms with Crippen LogP contribution in [0.5, 0.6) is 0 Å². The van der Waals surface area contributed by atoms with Crippen LogP contribution in [0.2, 0.25) is 0 Å². The maximum absolute atomic E-state index is 12.4. The van der Waals surface area contributed by atoms with Gasteiger partial charge in [-0.05, 0) is 25.3 Å². The molecule has 1 aliphatic heterocycles. The van der Waals surface area contributed by atoms with Crippen LogP contribution in [-0.2, 0) is 9.84 Å². The Morgan fingerprint density at radius 2 is 1.52 bits per heavy atom. The lowest BCUT2D eigenvalue weighted by atomic mass is 9.95.